The summed E-state index contributed by atoms with van der Waals surface area (Å²) in [6, 6.07) is 11.3. The van der Waals surface area contributed by atoms with Gasteiger partial charge in [0.25, 0.3) is 10.0 Å². The predicted octanol–water partition coefficient (Wildman–Crippen LogP) is 2.26. The van der Waals surface area contributed by atoms with Gasteiger partial charge in [0.05, 0.1) is 33.5 Å². The Kier molecular flexibility index (Phi) is 7.54. The van der Waals surface area contributed by atoms with Crippen LogP contribution in [0.2, 0.25) is 0 Å². The minimum atomic E-state index is -3.88. The van der Waals surface area contributed by atoms with E-state index in [1.807, 2.05) is 0 Å². The number of hydrogen-bond donors (Lipinski definition) is 2. The lowest BCUT2D eigenvalue weighted by atomic mass is 10.1. The summed E-state index contributed by atoms with van der Waals surface area (Å²) in [6.45, 7) is 3.99. The molecule has 9 heteroatoms. The van der Waals surface area contributed by atoms with Crippen molar-refractivity contribution >= 4 is 15.7 Å². The Bertz CT molecular complexity index is 927. The van der Waals surface area contributed by atoms with Gasteiger partial charge in [-0.3, -0.25) is 9.62 Å². The molecule has 164 valence electrons. The van der Waals surface area contributed by atoms with E-state index in [2.05, 4.69) is 9.62 Å². The molecular weight excluding hydrogens is 408 g/mol. The largest absolute Gasteiger partial charge is 0.497 e. The molecule has 2 aromatic rings. The van der Waals surface area contributed by atoms with Crippen molar-refractivity contribution in [1.29, 1.82) is 0 Å². The van der Waals surface area contributed by atoms with Crippen molar-refractivity contribution < 1.29 is 27.7 Å². The smallest absolute Gasteiger partial charge is 0.265 e. The zero-order chi connectivity index (χ0) is 21.6. The Hall–Kier alpha value is -2.33. The molecule has 1 atom stereocenters. The van der Waals surface area contributed by atoms with Crippen LogP contribution in [0.15, 0.2) is 47.4 Å². The lowest BCUT2D eigenvalue weighted by Crippen LogP contribution is -2.37. The molecule has 0 bridgehead atoms. The van der Waals surface area contributed by atoms with E-state index >= 15 is 0 Å². The van der Waals surface area contributed by atoms with Crippen LogP contribution in [0, 0.1) is 0 Å². The zero-order valence-corrected chi connectivity index (χ0v) is 18.0. The molecular formula is C21H28N2O6S. The number of benzene rings is 2. The van der Waals surface area contributed by atoms with Gasteiger partial charge in [-0.25, -0.2) is 8.42 Å². The van der Waals surface area contributed by atoms with Crippen molar-refractivity contribution in [3.63, 3.8) is 0 Å². The first-order valence-electron chi connectivity index (χ1n) is 9.76. The number of nitrogens with one attached hydrogen (secondary N) is 1. The van der Waals surface area contributed by atoms with Gasteiger partial charge in [0.15, 0.2) is 0 Å². The molecule has 0 saturated carbocycles. The highest BCUT2D eigenvalue weighted by Crippen LogP contribution is 2.30. The van der Waals surface area contributed by atoms with Crippen LogP contribution in [0.25, 0.3) is 0 Å². The number of sulfonamides is 1. The second-order valence-electron chi connectivity index (χ2n) is 7.00. The van der Waals surface area contributed by atoms with E-state index in [4.69, 9.17) is 14.2 Å². The van der Waals surface area contributed by atoms with Crippen molar-refractivity contribution in [2.75, 3.05) is 51.8 Å². The summed E-state index contributed by atoms with van der Waals surface area (Å²) in [4.78, 5) is 2.25. The minimum absolute atomic E-state index is 0.0148. The molecule has 8 nitrogen and oxygen atoms in total. The molecule has 3 rings (SSSR count). The third-order valence-corrected chi connectivity index (χ3v) is 6.43. The van der Waals surface area contributed by atoms with Crippen molar-refractivity contribution in [3.05, 3.63) is 48.0 Å². The fourth-order valence-corrected chi connectivity index (χ4v) is 4.52. The summed E-state index contributed by atoms with van der Waals surface area (Å²) >= 11 is 0. The van der Waals surface area contributed by atoms with E-state index in [9.17, 15) is 13.5 Å². The molecule has 0 spiro atoms. The van der Waals surface area contributed by atoms with Crippen LogP contribution >= 0.6 is 0 Å². The maximum absolute atomic E-state index is 12.8. The summed E-state index contributed by atoms with van der Waals surface area (Å²) in [5.41, 5.74) is 1.13. The van der Waals surface area contributed by atoms with Gasteiger partial charge >= 0.3 is 0 Å². The molecule has 1 fully saturated rings. The van der Waals surface area contributed by atoms with E-state index in [0.717, 1.165) is 38.4 Å². The van der Waals surface area contributed by atoms with E-state index < -0.39 is 16.1 Å². The van der Waals surface area contributed by atoms with Gasteiger partial charge in [-0.2, -0.15) is 0 Å². The summed E-state index contributed by atoms with van der Waals surface area (Å²) in [5.74, 6) is 0.633. The Balaban J connectivity index is 1.66. The van der Waals surface area contributed by atoms with E-state index in [0.29, 0.717) is 17.9 Å². The van der Waals surface area contributed by atoms with Crippen molar-refractivity contribution in [2.45, 2.75) is 17.4 Å². The average molecular weight is 437 g/mol. The standard InChI is InChI=1S/C21H28N2O6S/c1-27-18-7-8-20(28-2)21(15-18)30(25,26)22-17-5-3-16(4-6-17)19(24)9-10-23-11-13-29-14-12-23/h3-8,15,19,22,24H,9-14H2,1-2H3. The number of aliphatic hydroxyl groups is 1. The van der Waals surface area contributed by atoms with Crippen molar-refractivity contribution in [1.82, 2.24) is 4.90 Å². The van der Waals surface area contributed by atoms with Gasteiger partial charge in [-0.05, 0) is 36.2 Å². The number of hydrogen-bond acceptors (Lipinski definition) is 7. The second kappa shape index (κ2) is 10.1. The highest BCUT2D eigenvalue weighted by atomic mass is 32.2. The van der Waals surface area contributed by atoms with Gasteiger partial charge in [0, 0.05) is 31.4 Å². The van der Waals surface area contributed by atoms with Crippen LogP contribution < -0.4 is 14.2 Å². The first kappa shape index (κ1) is 22.4. The first-order valence-corrected chi connectivity index (χ1v) is 11.2. The highest BCUT2D eigenvalue weighted by molar-refractivity contribution is 7.92. The lowest BCUT2D eigenvalue weighted by Gasteiger charge is -2.27. The molecule has 1 saturated heterocycles. The number of ether oxygens (including phenoxy) is 3. The van der Waals surface area contributed by atoms with E-state index in [1.165, 1.54) is 20.3 Å². The highest BCUT2D eigenvalue weighted by Gasteiger charge is 2.21. The summed E-state index contributed by atoms with van der Waals surface area (Å²) in [5, 5.41) is 10.5. The maximum Gasteiger partial charge on any atom is 0.265 e. The number of methoxy groups -OCH3 is 2. The first-order chi connectivity index (χ1) is 14.4. The third-order valence-electron chi connectivity index (χ3n) is 5.03. The molecule has 0 aromatic heterocycles. The van der Waals surface area contributed by atoms with Crippen LogP contribution in [0.1, 0.15) is 18.1 Å². The number of anilines is 1. The SMILES string of the molecule is COc1ccc(OC)c(S(=O)(=O)Nc2ccc(C(O)CCN3CCOCC3)cc2)c1. The normalized spacial score (nSPS) is 16.1. The Morgan fingerprint density at radius 1 is 1.10 bits per heavy atom. The molecule has 1 aliphatic heterocycles. The van der Waals surface area contributed by atoms with Crippen LogP contribution in [-0.4, -0.2) is 65.5 Å². The molecule has 1 unspecified atom stereocenters. The Labute approximate surface area is 177 Å². The lowest BCUT2D eigenvalue weighted by molar-refractivity contribution is 0.0300. The van der Waals surface area contributed by atoms with Crippen molar-refractivity contribution in [3.8, 4) is 11.5 Å². The van der Waals surface area contributed by atoms with Gasteiger partial charge in [0.2, 0.25) is 0 Å². The second-order valence-corrected chi connectivity index (χ2v) is 8.65. The predicted molar refractivity (Wildman–Crippen MR) is 114 cm³/mol. The van der Waals surface area contributed by atoms with Crippen LogP contribution in [0.5, 0.6) is 11.5 Å². The third kappa shape index (κ3) is 5.63. The number of morpholine rings is 1. The molecule has 1 heterocycles. The molecule has 2 N–H and O–H groups in total. The molecule has 30 heavy (non-hydrogen) atoms. The fourth-order valence-electron chi connectivity index (χ4n) is 3.27. The fraction of sp³-hybridized carbons (Fsp3) is 0.429. The number of nitrogens with zero attached hydrogens (tertiary/aromatic N) is 1. The van der Waals surface area contributed by atoms with E-state index in [-0.39, 0.29) is 10.6 Å². The average Bonchev–Trinajstić information content (AvgIpc) is 2.78. The van der Waals surface area contributed by atoms with Gasteiger partial charge in [-0.15, -0.1) is 0 Å². The quantitative estimate of drug-likeness (QED) is 0.622. The van der Waals surface area contributed by atoms with Gasteiger partial charge in [0.1, 0.15) is 16.4 Å². The molecule has 0 aliphatic carbocycles. The van der Waals surface area contributed by atoms with Gasteiger partial charge < -0.3 is 19.3 Å². The minimum Gasteiger partial charge on any atom is -0.497 e. The van der Waals surface area contributed by atoms with Crippen LogP contribution in [0.4, 0.5) is 5.69 Å². The van der Waals surface area contributed by atoms with Crippen LogP contribution in [0.3, 0.4) is 0 Å². The zero-order valence-electron chi connectivity index (χ0n) is 17.2. The summed E-state index contributed by atoms with van der Waals surface area (Å²) in [6.07, 6.45) is -0.0107. The monoisotopic (exact) mass is 436 g/mol. The number of aliphatic hydroxyl groups excluding tert-OH is 1. The van der Waals surface area contributed by atoms with Crippen LogP contribution in [-0.2, 0) is 14.8 Å². The molecule has 1 aliphatic rings. The maximum atomic E-state index is 12.8. The van der Waals surface area contributed by atoms with Gasteiger partial charge in [-0.1, -0.05) is 12.1 Å². The van der Waals surface area contributed by atoms with E-state index in [1.54, 1.807) is 36.4 Å². The topological polar surface area (TPSA) is 97.3 Å². The summed E-state index contributed by atoms with van der Waals surface area (Å²) < 4.78 is 43.8. The van der Waals surface area contributed by atoms with Crippen molar-refractivity contribution in [2.24, 2.45) is 0 Å². The molecule has 2 aromatic carbocycles. The Morgan fingerprint density at radius 3 is 2.43 bits per heavy atom. The Morgan fingerprint density at radius 2 is 1.80 bits per heavy atom. The summed E-state index contributed by atoms with van der Waals surface area (Å²) in [7, 11) is -1.00. The molecule has 0 amide bonds. The molecule has 0 radical (unpaired) electrons. The number of rotatable bonds is 9.